The highest BCUT2D eigenvalue weighted by Gasteiger charge is 2.10. The van der Waals surface area contributed by atoms with Crippen molar-refractivity contribution in [2.75, 3.05) is 6.61 Å². The summed E-state index contributed by atoms with van der Waals surface area (Å²) in [6.07, 6.45) is 2.84. The van der Waals surface area contributed by atoms with Crippen LogP contribution < -0.4 is 4.74 Å². The van der Waals surface area contributed by atoms with Crippen LogP contribution >= 0.6 is 0 Å². The molecule has 23 heavy (non-hydrogen) atoms. The van der Waals surface area contributed by atoms with Gasteiger partial charge < -0.3 is 4.74 Å². The van der Waals surface area contributed by atoms with Crippen LogP contribution in [0, 0.1) is 30.1 Å². The molecule has 0 radical (unpaired) electrons. The Bertz CT molecular complexity index is 704. The van der Waals surface area contributed by atoms with Crippen molar-refractivity contribution in [1.29, 1.82) is 5.26 Å². The van der Waals surface area contributed by atoms with Gasteiger partial charge in [-0.25, -0.2) is 9.97 Å². The van der Waals surface area contributed by atoms with Crippen LogP contribution in [0.4, 0.5) is 0 Å². The van der Waals surface area contributed by atoms with Crippen molar-refractivity contribution in [3.8, 4) is 23.1 Å². The summed E-state index contributed by atoms with van der Waals surface area (Å²) in [5.74, 6) is 2.46. The predicted octanol–water partition coefficient (Wildman–Crippen LogP) is 4.38. The fraction of sp³-hybridized carbons (Fsp3) is 0.421. The van der Waals surface area contributed by atoms with Gasteiger partial charge in [0.25, 0.3) is 0 Å². The molecule has 0 spiro atoms. The predicted molar refractivity (Wildman–Crippen MR) is 91.0 cm³/mol. The zero-order chi connectivity index (χ0) is 16.8. The van der Waals surface area contributed by atoms with Crippen LogP contribution in [0.1, 0.15) is 38.6 Å². The number of hydrogen-bond donors (Lipinski definition) is 0. The molecule has 0 saturated heterocycles. The molecular weight excluding hydrogens is 286 g/mol. The lowest BCUT2D eigenvalue weighted by Crippen LogP contribution is -2.11. The quantitative estimate of drug-likeness (QED) is 0.794. The van der Waals surface area contributed by atoms with E-state index >= 15 is 0 Å². The van der Waals surface area contributed by atoms with Gasteiger partial charge in [-0.3, -0.25) is 0 Å². The Morgan fingerprint density at radius 3 is 2.65 bits per heavy atom. The van der Waals surface area contributed by atoms with E-state index in [9.17, 15) is 5.26 Å². The molecule has 2 rings (SSSR count). The maximum atomic E-state index is 9.39. The number of rotatable bonds is 6. The van der Waals surface area contributed by atoms with E-state index in [1.54, 1.807) is 6.20 Å². The summed E-state index contributed by atoms with van der Waals surface area (Å²) in [5.41, 5.74) is 2.25. The average Bonchev–Trinajstić information content (AvgIpc) is 2.52. The first-order valence-corrected chi connectivity index (χ1v) is 7.96. The Balaban J connectivity index is 2.16. The summed E-state index contributed by atoms with van der Waals surface area (Å²) in [6, 6.07) is 9.67. The van der Waals surface area contributed by atoms with E-state index in [1.807, 2.05) is 31.2 Å². The highest BCUT2D eigenvalue weighted by atomic mass is 16.5. The van der Waals surface area contributed by atoms with Gasteiger partial charge in [0.2, 0.25) is 0 Å². The second-order valence-electron chi connectivity index (χ2n) is 6.36. The van der Waals surface area contributed by atoms with Crippen molar-refractivity contribution in [1.82, 2.24) is 9.97 Å². The molecule has 0 aliphatic heterocycles. The lowest BCUT2D eigenvalue weighted by Gasteiger charge is -2.16. The first-order valence-electron chi connectivity index (χ1n) is 7.96. The summed E-state index contributed by atoms with van der Waals surface area (Å²) in [5, 5.41) is 9.39. The molecule has 1 atom stereocenters. The van der Waals surface area contributed by atoms with E-state index in [4.69, 9.17) is 4.74 Å². The normalized spacial score (nSPS) is 12.0. The molecule has 0 saturated carbocycles. The third-order valence-corrected chi connectivity index (χ3v) is 3.57. The minimum Gasteiger partial charge on any atom is -0.492 e. The molecular formula is C19H23N3O. The highest BCUT2D eigenvalue weighted by Crippen LogP contribution is 2.26. The molecule has 0 aliphatic rings. The maximum Gasteiger partial charge on any atom is 0.137 e. The second-order valence-corrected chi connectivity index (χ2v) is 6.36. The molecule has 1 aromatic carbocycles. The van der Waals surface area contributed by atoms with Gasteiger partial charge >= 0.3 is 0 Å². The standard InChI is InChI=1S/C19H23N3O/c1-13(2)9-14(3)12-23-19-6-5-16(10-17(19)11-20)18-7-8-21-15(4)22-18/h5-8,10,13-14H,9,12H2,1-4H3. The van der Waals surface area contributed by atoms with E-state index in [0.29, 0.717) is 35.6 Å². The van der Waals surface area contributed by atoms with Gasteiger partial charge in [0, 0.05) is 11.8 Å². The number of nitrogens with zero attached hydrogens (tertiary/aromatic N) is 3. The van der Waals surface area contributed by atoms with E-state index in [0.717, 1.165) is 17.7 Å². The Morgan fingerprint density at radius 2 is 2.00 bits per heavy atom. The number of nitriles is 1. The molecule has 1 unspecified atom stereocenters. The summed E-state index contributed by atoms with van der Waals surface area (Å²) >= 11 is 0. The van der Waals surface area contributed by atoms with Gasteiger partial charge in [0.05, 0.1) is 17.9 Å². The summed E-state index contributed by atoms with van der Waals surface area (Å²) in [7, 11) is 0. The number of benzene rings is 1. The van der Waals surface area contributed by atoms with Gasteiger partial charge in [-0.2, -0.15) is 5.26 Å². The van der Waals surface area contributed by atoms with Gasteiger partial charge in [-0.05, 0) is 49.4 Å². The third kappa shape index (κ3) is 4.79. The summed E-state index contributed by atoms with van der Waals surface area (Å²) in [6.45, 7) is 9.05. The monoisotopic (exact) mass is 309 g/mol. The van der Waals surface area contributed by atoms with Crippen molar-refractivity contribution < 1.29 is 4.74 Å². The fourth-order valence-corrected chi connectivity index (χ4v) is 2.62. The molecule has 0 bridgehead atoms. The summed E-state index contributed by atoms with van der Waals surface area (Å²) < 4.78 is 5.85. The van der Waals surface area contributed by atoms with Crippen LogP contribution in [0.5, 0.6) is 5.75 Å². The number of aryl methyl sites for hydroxylation is 1. The average molecular weight is 309 g/mol. The minimum absolute atomic E-state index is 0.464. The molecule has 2 aromatic rings. The van der Waals surface area contributed by atoms with Crippen molar-refractivity contribution in [2.24, 2.45) is 11.8 Å². The Hall–Kier alpha value is -2.41. The van der Waals surface area contributed by atoms with E-state index in [2.05, 4.69) is 36.8 Å². The Labute approximate surface area is 138 Å². The largest absolute Gasteiger partial charge is 0.492 e. The van der Waals surface area contributed by atoms with Crippen LogP contribution in [0.3, 0.4) is 0 Å². The second kappa shape index (κ2) is 7.73. The first-order chi connectivity index (χ1) is 11.0. The van der Waals surface area contributed by atoms with Crippen LogP contribution in [0.2, 0.25) is 0 Å². The molecule has 1 heterocycles. The zero-order valence-corrected chi connectivity index (χ0v) is 14.2. The van der Waals surface area contributed by atoms with Crippen molar-refractivity contribution in [3.05, 3.63) is 41.9 Å². The molecule has 4 heteroatoms. The van der Waals surface area contributed by atoms with Crippen LogP contribution in [-0.4, -0.2) is 16.6 Å². The molecule has 0 amide bonds. The molecule has 120 valence electrons. The highest BCUT2D eigenvalue weighted by molar-refractivity contribution is 5.63. The van der Waals surface area contributed by atoms with Gasteiger partial charge in [0.1, 0.15) is 17.6 Å². The summed E-state index contributed by atoms with van der Waals surface area (Å²) in [4.78, 5) is 8.49. The number of ether oxygens (including phenoxy) is 1. The van der Waals surface area contributed by atoms with Crippen molar-refractivity contribution >= 4 is 0 Å². The Morgan fingerprint density at radius 1 is 1.22 bits per heavy atom. The lowest BCUT2D eigenvalue weighted by molar-refractivity contribution is 0.238. The van der Waals surface area contributed by atoms with Gasteiger partial charge in [-0.15, -0.1) is 0 Å². The zero-order valence-electron chi connectivity index (χ0n) is 14.2. The van der Waals surface area contributed by atoms with Gasteiger partial charge in [0.15, 0.2) is 0 Å². The minimum atomic E-state index is 0.464. The maximum absolute atomic E-state index is 9.39. The third-order valence-electron chi connectivity index (χ3n) is 3.57. The lowest BCUT2D eigenvalue weighted by atomic mass is 10.00. The molecule has 4 nitrogen and oxygen atoms in total. The van der Waals surface area contributed by atoms with E-state index in [1.165, 1.54) is 0 Å². The first kappa shape index (κ1) is 17.0. The van der Waals surface area contributed by atoms with E-state index < -0.39 is 0 Å². The van der Waals surface area contributed by atoms with Crippen molar-refractivity contribution in [2.45, 2.75) is 34.1 Å². The van der Waals surface area contributed by atoms with Crippen LogP contribution in [0.15, 0.2) is 30.5 Å². The topological polar surface area (TPSA) is 58.8 Å². The fourth-order valence-electron chi connectivity index (χ4n) is 2.62. The van der Waals surface area contributed by atoms with E-state index in [-0.39, 0.29) is 0 Å². The van der Waals surface area contributed by atoms with Crippen molar-refractivity contribution in [3.63, 3.8) is 0 Å². The molecule has 1 aromatic heterocycles. The molecule has 0 fully saturated rings. The smallest absolute Gasteiger partial charge is 0.137 e. The van der Waals surface area contributed by atoms with Gasteiger partial charge in [-0.1, -0.05) is 20.8 Å². The molecule has 0 aliphatic carbocycles. The van der Waals surface area contributed by atoms with Crippen LogP contribution in [0.25, 0.3) is 11.3 Å². The van der Waals surface area contributed by atoms with Crippen LogP contribution in [-0.2, 0) is 0 Å². The Kier molecular flexibility index (Phi) is 5.70. The number of aromatic nitrogens is 2. The molecule has 0 N–H and O–H groups in total. The number of hydrogen-bond acceptors (Lipinski definition) is 4. The SMILES string of the molecule is Cc1nccc(-c2ccc(OCC(C)CC(C)C)c(C#N)c2)n1.